The summed E-state index contributed by atoms with van der Waals surface area (Å²) in [6.45, 7) is 14.0. The van der Waals surface area contributed by atoms with Crippen molar-refractivity contribution in [3.8, 4) is 0 Å². The first-order chi connectivity index (χ1) is 24.8. The molecule has 0 fully saturated rings. The Labute approximate surface area is 365 Å². The molecule has 0 aliphatic rings. The van der Waals surface area contributed by atoms with Crippen molar-refractivity contribution < 1.29 is 119 Å². The van der Waals surface area contributed by atoms with Crippen LogP contribution in [0.15, 0.2) is 60.7 Å². The van der Waals surface area contributed by atoms with Gasteiger partial charge >= 0.3 is 69.5 Å². The van der Waals surface area contributed by atoms with Crippen LogP contribution in [0.25, 0.3) is 0 Å². The van der Waals surface area contributed by atoms with Crippen LogP contribution in [-0.4, -0.2) is 95.7 Å². The third-order valence-electron chi connectivity index (χ3n) is 5.81. The molecule has 0 unspecified atom stereocenters. The van der Waals surface area contributed by atoms with Crippen molar-refractivity contribution in [3.63, 3.8) is 0 Å². The average Bonchev–Trinajstić information content (AvgIpc) is 3.03. The molecule has 16 nitrogen and oxygen atoms in total. The van der Waals surface area contributed by atoms with Gasteiger partial charge in [0.15, 0.2) is 11.8 Å². The predicted molar refractivity (Wildman–Crippen MR) is 195 cm³/mol. The fourth-order valence-corrected chi connectivity index (χ4v) is 3.67. The minimum Gasteiger partial charge on any atom is -0.870 e. The molecule has 55 heavy (non-hydrogen) atoms. The zero-order valence-corrected chi connectivity index (χ0v) is 36.3. The number of carboxylic acid groups (broad SMARTS) is 1. The molecule has 0 aliphatic carbocycles. The second kappa shape index (κ2) is 30.6. The van der Waals surface area contributed by atoms with Crippen molar-refractivity contribution in [2.24, 2.45) is 0 Å². The van der Waals surface area contributed by atoms with Crippen LogP contribution in [0.3, 0.4) is 0 Å². The molecule has 0 spiro atoms. The molecule has 0 aromatic heterocycles. The maximum Gasteiger partial charge on any atom is 1.00 e. The summed E-state index contributed by atoms with van der Waals surface area (Å²) in [5.41, 5.74) is 0.521. The van der Waals surface area contributed by atoms with Gasteiger partial charge < -0.3 is 49.7 Å². The van der Waals surface area contributed by atoms with E-state index in [-0.39, 0.29) is 95.3 Å². The number of aliphatic carboxylic acids is 1. The smallest absolute Gasteiger partial charge is 0.870 e. The van der Waals surface area contributed by atoms with E-state index in [2.05, 4.69) is 15.4 Å². The fraction of sp³-hybridized carbons (Fsp3) is 0.500. The molecule has 2 rings (SSSR count). The van der Waals surface area contributed by atoms with Gasteiger partial charge in [-0.25, -0.2) is 14.4 Å². The Morgan fingerprint density at radius 1 is 0.727 bits per heavy atom. The van der Waals surface area contributed by atoms with Gasteiger partial charge in [-0.05, 0) is 66.5 Å². The number of ketones is 2. The van der Waals surface area contributed by atoms with Gasteiger partial charge in [0.05, 0.1) is 39.5 Å². The molecule has 0 radical (unpaired) electrons. The summed E-state index contributed by atoms with van der Waals surface area (Å²) in [7, 11) is 0. The van der Waals surface area contributed by atoms with Crippen LogP contribution in [-0.2, 0) is 60.9 Å². The Morgan fingerprint density at radius 2 is 1.13 bits per heavy atom. The number of amides is 2. The van der Waals surface area contributed by atoms with Crippen LogP contribution in [0.4, 0.5) is 9.59 Å². The third kappa shape index (κ3) is 32.4. The zero-order valence-electron chi connectivity index (χ0n) is 33.2. The summed E-state index contributed by atoms with van der Waals surface area (Å²) in [4.78, 5) is 77.4. The molecule has 0 saturated heterocycles. The summed E-state index contributed by atoms with van der Waals surface area (Å²) in [6, 6.07) is 16.7. The van der Waals surface area contributed by atoms with Crippen LogP contribution in [0.2, 0.25) is 0 Å². The first-order valence-corrected chi connectivity index (χ1v) is 16.7. The Balaban J connectivity index is -0.000000801. The number of hydrogen-bond acceptors (Lipinski definition) is 13. The Morgan fingerprint density at radius 3 is 1.47 bits per heavy atom. The molecule has 0 heterocycles. The second-order valence-corrected chi connectivity index (χ2v) is 13.2. The van der Waals surface area contributed by atoms with Crippen LogP contribution in [0, 0.1) is 0 Å². The van der Waals surface area contributed by atoms with E-state index < -0.39 is 53.2 Å². The topological polar surface area (TPSA) is 240 Å². The Kier molecular flexibility index (Phi) is 31.1. The number of alkyl carbamates (subject to hydrolysis) is 2. The standard InChI is InChI=1S/C18H25NO5.C15H21NO5.C5H7O3.K.H2O/c1-13(20)10-16(21)15(19-17(22)24-18(2,3)4)12-23-11-14-8-6-5-7-9-14;1-15(2,3)21-14(19)16-12(13(17)18)10-20-9-11-7-5-4-6-8-11;1-2-8-5(7)3-4-6;;/h5-9,15H,10-12H2,1-4H3,(H,19,22);4-8,12H,9-10H2,1-3H3,(H,16,19)(H,17,18);2-3H2,1H3;;1H2/q;;-1;+1;/p-1/t15-;12-;;;/m11.../s1. The van der Waals surface area contributed by atoms with Crippen LogP contribution in [0.1, 0.15) is 79.4 Å². The maximum atomic E-state index is 12.1. The summed E-state index contributed by atoms with van der Waals surface area (Å²) >= 11 is 0. The summed E-state index contributed by atoms with van der Waals surface area (Å²) < 4.78 is 25.4. The van der Waals surface area contributed by atoms with E-state index >= 15 is 0 Å². The maximum absolute atomic E-state index is 12.1. The molecule has 2 aromatic carbocycles. The molecule has 2 aromatic rings. The number of Topliss-reactive ketones (excluding diaryl/α,β-unsaturated/α-hetero) is 2. The van der Waals surface area contributed by atoms with Crippen LogP contribution >= 0.6 is 0 Å². The van der Waals surface area contributed by atoms with Crippen LogP contribution < -0.4 is 62.0 Å². The minimum atomic E-state index is -1.17. The van der Waals surface area contributed by atoms with Gasteiger partial charge in [0.2, 0.25) is 0 Å². The minimum absolute atomic E-state index is 0. The molecule has 4 N–H and O–H groups in total. The summed E-state index contributed by atoms with van der Waals surface area (Å²) in [5, 5.41) is 13.8. The monoisotopic (exact) mass is 801 g/mol. The Hall–Kier alpha value is -3.55. The first kappa shape index (κ1) is 55.8. The van der Waals surface area contributed by atoms with Crippen molar-refractivity contribution in [2.75, 3.05) is 19.8 Å². The van der Waals surface area contributed by atoms with Gasteiger partial charge in [-0.3, -0.25) is 20.7 Å². The van der Waals surface area contributed by atoms with Gasteiger partial charge in [-0.1, -0.05) is 67.1 Å². The molecule has 2 atom stereocenters. The number of carbonyl (C=O) groups is 6. The normalized spacial score (nSPS) is 11.3. The van der Waals surface area contributed by atoms with Gasteiger partial charge in [0.1, 0.15) is 23.0 Å². The van der Waals surface area contributed by atoms with Crippen LogP contribution in [0.5, 0.6) is 0 Å². The van der Waals surface area contributed by atoms with E-state index in [9.17, 15) is 33.6 Å². The summed E-state index contributed by atoms with van der Waals surface area (Å²) in [5.74, 6) is -2.35. The first-order valence-electron chi connectivity index (χ1n) is 16.7. The molecule has 2 amide bonds. The fourth-order valence-electron chi connectivity index (χ4n) is 3.67. The van der Waals surface area contributed by atoms with E-state index in [4.69, 9.17) is 24.1 Å². The van der Waals surface area contributed by atoms with Gasteiger partial charge in [-0.2, -0.15) is 0 Å². The number of nitrogens with one attached hydrogen (secondary N) is 2. The van der Waals surface area contributed by atoms with Crippen molar-refractivity contribution in [1.82, 2.24) is 10.6 Å². The molecule has 0 bridgehead atoms. The number of benzene rings is 2. The van der Waals surface area contributed by atoms with Crippen molar-refractivity contribution in [2.45, 2.75) is 105 Å². The number of rotatable bonds is 17. The quantitative estimate of drug-likeness (QED) is 0.0679. The number of carboxylic acids is 1. The molecule has 0 saturated carbocycles. The third-order valence-corrected chi connectivity index (χ3v) is 5.81. The Bertz CT molecular complexity index is 1430. The average molecular weight is 802 g/mol. The van der Waals surface area contributed by atoms with Gasteiger partial charge in [0, 0.05) is 0 Å². The number of carbonyl (C=O) groups excluding carboxylic acids is 6. The van der Waals surface area contributed by atoms with E-state index in [1.165, 1.54) is 13.2 Å². The van der Waals surface area contributed by atoms with Crippen molar-refractivity contribution in [3.05, 3.63) is 71.8 Å². The van der Waals surface area contributed by atoms with E-state index in [0.29, 0.717) is 13.2 Å². The molecule has 302 valence electrons. The zero-order chi connectivity index (χ0) is 40.5. The molecule has 0 aliphatic heterocycles. The predicted octanol–water partition coefficient (Wildman–Crippen LogP) is 1.70. The molecular formula is C38H54KN2O14-. The number of hydrogen-bond donors (Lipinski definition) is 3. The second-order valence-electron chi connectivity index (χ2n) is 13.2. The van der Waals surface area contributed by atoms with Gasteiger partial charge in [0.25, 0.3) is 5.97 Å². The van der Waals surface area contributed by atoms with E-state index in [1.807, 2.05) is 60.7 Å². The van der Waals surface area contributed by atoms with Crippen molar-refractivity contribution in [1.29, 1.82) is 0 Å². The molecular weight excluding hydrogens is 748 g/mol. The summed E-state index contributed by atoms with van der Waals surface area (Å²) in [6.07, 6.45) is -0.578. The number of ether oxygens (including phenoxy) is 5. The SMILES string of the molecule is CC(=O)CC(=O)[C@@H](COCc1ccccc1)NC(=O)OC(C)(C)C.CC(C)(C)OC(=O)N[C@H](COCc1ccccc1)C(=O)O.CCOC(=O)C[C-]=O.[K+].[OH-]. The van der Waals surface area contributed by atoms with Gasteiger partial charge in [-0.15, -0.1) is 0 Å². The van der Waals surface area contributed by atoms with E-state index in [1.54, 1.807) is 48.5 Å². The molecule has 17 heteroatoms. The van der Waals surface area contributed by atoms with Crippen molar-refractivity contribution >= 4 is 42.0 Å². The van der Waals surface area contributed by atoms with E-state index in [0.717, 1.165) is 11.1 Å². The largest absolute Gasteiger partial charge is 1.00 e. The number of esters is 1.